The number of carbonyl (C=O) groups is 2. The van der Waals surface area contributed by atoms with E-state index in [0.717, 1.165) is 18.9 Å². The minimum absolute atomic E-state index is 0.0119. The van der Waals surface area contributed by atoms with Crippen LogP contribution in [0.25, 0.3) is 0 Å². The standard InChI is InChI=1S/C21H25N5O7S/c1-33-19-9-8-15(13-18(19)25-12-3-2-7-20(25)27)24-21(28)22-10-11-23-34(31,32)17-6-4-5-16(14-17)26(29)30/h4-6,8-9,13-14,23H,2-3,7,10-12H2,1H3,(H2,22,24,28). The van der Waals surface area contributed by atoms with E-state index in [1.807, 2.05) is 0 Å². The first-order valence-corrected chi connectivity index (χ1v) is 12.0. The Balaban J connectivity index is 1.55. The molecule has 182 valence electrons. The number of piperidine rings is 1. The smallest absolute Gasteiger partial charge is 0.319 e. The third-order valence-corrected chi connectivity index (χ3v) is 6.55. The number of anilines is 2. The molecule has 13 heteroatoms. The molecular formula is C21H25N5O7S. The average molecular weight is 492 g/mol. The molecule has 0 radical (unpaired) electrons. The van der Waals surface area contributed by atoms with Gasteiger partial charge in [0.15, 0.2) is 0 Å². The number of urea groups is 1. The minimum Gasteiger partial charge on any atom is -0.495 e. The maximum absolute atomic E-state index is 12.3. The first kappa shape index (κ1) is 24.9. The van der Waals surface area contributed by atoms with Gasteiger partial charge in [0, 0.05) is 43.9 Å². The number of benzene rings is 2. The molecule has 0 spiro atoms. The van der Waals surface area contributed by atoms with Crippen LogP contribution in [0.15, 0.2) is 47.4 Å². The van der Waals surface area contributed by atoms with E-state index in [9.17, 15) is 28.1 Å². The van der Waals surface area contributed by atoms with Crippen LogP contribution in [0, 0.1) is 10.1 Å². The molecule has 0 aromatic heterocycles. The molecule has 2 aromatic carbocycles. The van der Waals surface area contributed by atoms with E-state index < -0.39 is 21.0 Å². The van der Waals surface area contributed by atoms with Crippen LogP contribution in [0.3, 0.4) is 0 Å². The van der Waals surface area contributed by atoms with Crippen LogP contribution < -0.4 is 25.0 Å². The zero-order valence-corrected chi connectivity index (χ0v) is 19.3. The van der Waals surface area contributed by atoms with Crippen molar-refractivity contribution in [1.82, 2.24) is 10.0 Å². The summed E-state index contributed by atoms with van der Waals surface area (Å²) in [5.74, 6) is 0.499. The molecule has 1 fully saturated rings. The van der Waals surface area contributed by atoms with Gasteiger partial charge in [-0.3, -0.25) is 14.9 Å². The molecule has 12 nitrogen and oxygen atoms in total. The molecule has 1 aliphatic heterocycles. The third-order valence-electron chi connectivity index (χ3n) is 5.09. The van der Waals surface area contributed by atoms with Gasteiger partial charge in [-0.25, -0.2) is 17.9 Å². The Kier molecular flexibility index (Phi) is 8.02. The van der Waals surface area contributed by atoms with Crippen molar-refractivity contribution in [3.63, 3.8) is 0 Å². The van der Waals surface area contributed by atoms with Crippen LogP contribution in [0.2, 0.25) is 0 Å². The van der Waals surface area contributed by atoms with Gasteiger partial charge in [0.05, 0.1) is 22.6 Å². The fourth-order valence-corrected chi connectivity index (χ4v) is 4.49. The number of nitrogens with zero attached hydrogens (tertiary/aromatic N) is 2. The maximum atomic E-state index is 12.3. The summed E-state index contributed by atoms with van der Waals surface area (Å²) in [7, 11) is -2.48. The van der Waals surface area contributed by atoms with Crippen molar-refractivity contribution < 1.29 is 27.7 Å². The number of rotatable bonds is 9. The second-order valence-electron chi connectivity index (χ2n) is 7.42. The zero-order valence-electron chi connectivity index (χ0n) is 18.4. The molecule has 1 saturated heterocycles. The average Bonchev–Trinajstić information content (AvgIpc) is 2.82. The lowest BCUT2D eigenvalue weighted by Crippen LogP contribution is -2.37. The molecule has 34 heavy (non-hydrogen) atoms. The number of hydrogen-bond donors (Lipinski definition) is 3. The number of non-ortho nitro benzene ring substituents is 1. The number of methoxy groups -OCH3 is 1. The quantitative estimate of drug-likeness (QED) is 0.275. The van der Waals surface area contributed by atoms with Crippen molar-refractivity contribution in [3.8, 4) is 5.75 Å². The molecule has 0 aliphatic carbocycles. The summed E-state index contributed by atoms with van der Waals surface area (Å²) in [5.41, 5.74) is 0.657. The van der Waals surface area contributed by atoms with E-state index in [1.165, 1.54) is 25.3 Å². The van der Waals surface area contributed by atoms with Crippen LogP contribution in [0.4, 0.5) is 21.9 Å². The number of nitro benzene ring substituents is 1. The van der Waals surface area contributed by atoms with E-state index in [0.29, 0.717) is 30.1 Å². The second-order valence-corrected chi connectivity index (χ2v) is 9.19. The Hall–Kier alpha value is -3.71. The van der Waals surface area contributed by atoms with Crippen LogP contribution in [-0.4, -0.2) is 52.0 Å². The number of amides is 3. The van der Waals surface area contributed by atoms with Crippen molar-refractivity contribution in [2.75, 3.05) is 37.0 Å². The summed E-state index contributed by atoms with van der Waals surface area (Å²) in [6, 6.07) is 9.01. The number of nitrogens with one attached hydrogen (secondary N) is 3. The second kappa shape index (κ2) is 10.9. The van der Waals surface area contributed by atoms with Crippen LogP contribution in [0.1, 0.15) is 19.3 Å². The number of nitro groups is 1. The van der Waals surface area contributed by atoms with Crippen molar-refractivity contribution in [1.29, 1.82) is 0 Å². The molecule has 2 aromatic rings. The monoisotopic (exact) mass is 491 g/mol. The maximum Gasteiger partial charge on any atom is 0.319 e. The Bertz CT molecular complexity index is 1190. The highest BCUT2D eigenvalue weighted by atomic mass is 32.2. The Morgan fingerprint density at radius 3 is 2.68 bits per heavy atom. The van der Waals surface area contributed by atoms with E-state index in [2.05, 4.69) is 15.4 Å². The lowest BCUT2D eigenvalue weighted by Gasteiger charge is -2.28. The van der Waals surface area contributed by atoms with E-state index >= 15 is 0 Å². The predicted molar refractivity (Wildman–Crippen MR) is 125 cm³/mol. The molecule has 3 rings (SSSR count). The fraction of sp³-hybridized carbons (Fsp3) is 0.333. The molecule has 0 bridgehead atoms. The van der Waals surface area contributed by atoms with Gasteiger partial charge in [0.25, 0.3) is 5.69 Å². The molecule has 3 N–H and O–H groups in total. The summed E-state index contributed by atoms with van der Waals surface area (Å²) < 4.78 is 32.3. The molecule has 0 unspecified atom stereocenters. The zero-order chi connectivity index (χ0) is 24.7. The third kappa shape index (κ3) is 6.20. The van der Waals surface area contributed by atoms with Crippen molar-refractivity contribution in [2.24, 2.45) is 0 Å². The van der Waals surface area contributed by atoms with Gasteiger partial charge < -0.3 is 20.3 Å². The fourth-order valence-electron chi connectivity index (χ4n) is 3.42. The first-order chi connectivity index (χ1) is 16.2. The van der Waals surface area contributed by atoms with Gasteiger partial charge >= 0.3 is 6.03 Å². The van der Waals surface area contributed by atoms with Crippen molar-refractivity contribution in [2.45, 2.75) is 24.2 Å². The van der Waals surface area contributed by atoms with Gasteiger partial charge in [-0.05, 0) is 37.1 Å². The number of carbonyl (C=O) groups excluding carboxylic acids is 2. The molecule has 3 amide bonds. The largest absolute Gasteiger partial charge is 0.495 e. The molecular weight excluding hydrogens is 466 g/mol. The van der Waals surface area contributed by atoms with Gasteiger partial charge in [0.2, 0.25) is 15.9 Å². The number of sulfonamides is 1. The van der Waals surface area contributed by atoms with E-state index in [1.54, 1.807) is 23.1 Å². The van der Waals surface area contributed by atoms with E-state index in [4.69, 9.17) is 4.74 Å². The molecule has 0 atom stereocenters. The Morgan fingerprint density at radius 2 is 1.97 bits per heavy atom. The predicted octanol–water partition coefficient (Wildman–Crippen LogP) is 2.22. The molecule has 1 heterocycles. The Labute approximate surface area is 196 Å². The summed E-state index contributed by atoms with van der Waals surface area (Å²) in [5, 5.41) is 16.0. The number of ether oxygens (including phenoxy) is 1. The highest BCUT2D eigenvalue weighted by Crippen LogP contribution is 2.33. The van der Waals surface area contributed by atoms with Crippen LogP contribution >= 0.6 is 0 Å². The summed E-state index contributed by atoms with van der Waals surface area (Å²) in [6.45, 7) is 0.401. The van der Waals surface area contributed by atoms with Gasteiger partial charge in [-0.15, -0.1) is 0 Å². The summed E-state index contributed by atoms with van der Waals surface area (Å²) >= 11 is 0. The molecule has 0 saturated carbocycles. The molecule has 1 aliphatic rings. The van der Waals surface area contributed by atoms with E-state index in [-0.39, 0.29) is 29.6 Å². The minimum atomic E-state index is -3.98. The van der Waals surface area contributed by atoms with Gasteiger partial charge in [-0.2, -0.15) is 0 Å². The summed E-state index contributed by atoms with van der Waals surface area (Å²) in [6.07, 6.45) is 2.16. The lowest BCUT2D eigenvalue weighted by atomic mass is 10.1. The lowest BCUT2D eigenvalue weighted by molar-refractivity contribution is -0.385. The highest BCUT2D eigenvalue weighted by Gasteiger charge is 2.23. The normalized spacial score (nSPS) is 13.9. The van der Waals surface area contributed by atoms with Crippen LogP contribution in [-0.2, 0) is 14.8 Å². The first-order valence-electron chi connectivity index (χ1n) is 10.5. The topological polar surface area (TPSA) is 160 Å². The van der Waals surface area contributed by atoms with Crippen molar-refractivity contribution in [3.05, 3.63) is 52.6 Å². The number of hydrogen-bond acceptors (Lipinski definition) is 7. The SMILES string of the molecule is COc1ccc(NC(=O)NCCNS(=O)(=O)c2cccc([N+](=O)[O-])c2)cc1N1CCCCC1=O. The van der Waals surface area contributed by atoms with Gasteiger partial charge in [0.1, 0.15) is 5.75 Å². The Morgan fingerprint density at radius 1 is 1.18 bits per heavy atom. The van der Waals surface area contributed by atoms with Crippen LogP contribution in [0.5, 0.6) is 5.75 Å². The van der Waals surface area contributed by atoms with Crippen molar-refractivity contribution >= 4 is 39.0 Å². The summed E-state index contributed by atoms with van der Waals surface area (Å²) in [4.78, 5) is 36.1. The highest BCUT2D eigenvalue weighted by molar-refractivity contribution is 7.89. The van der Waals surface area contributed by atoms with Gasteiger partial charge in [-0.1, -0.05) is 6.07 Å².